The highest BCUT2D eigenvalue weighted by molar-refractivity contribution is 5.65. The molecule has 5 aromatic carbocycles. The lowest BCUT2D eigenvalue weighted by molar-refractivity contribution is 0.201. The van der Waals surface area contributed by atoms with Gasteiger partial charge in [0.1, 0.15) is 0 Å². The number of nitrogens with zero attached hydrogens (tertiary/aromatic N) is 5. The van der Waals surface area contributed by atoms with Gasteiger partial charge in [-0.3, -0.25) is 14.5 Å². The molecule has 3 saturated carbocycles. The zero-order chi connectivity index (χ0) is 51.2. The van der Waals surface area contributed by atoms with E-state index in [0.717, 1.165) is 108 Å². The summed E-state index contributed by atoms with van der Waals surface area (Å²) in [6.07, 6.45) is 20.4. The van der Waals surface area contributed by atoms with Crippen molar-refractivity contribution in [3.05, 3.63) is 162 Å². The van der Waals surface area contributed by atoms with Crippen molar-refractivity contribution in [1.82, 2.24) is 29.8 Å². The fraction of sp³-hybridized carbons (Fsp3) is 0.350. The van der Waals surface area contributed by atoms with Gasteiger partial charge in [0.2, 0.25) is 0 Å². The van der Waals surface area contributed by atoms with E-state index in [1.54, 1.807) is 44.5 Å². The van der Waals surface area contributed by atoms with Crippen molar-refractivity contribution in [2.45, 2.75) is 115 Å². The Bertz CT molecular complexity index is 3050. The van der Waals surface area contributed by atoms with Crippen LogP contribution < -0.4 is 28.4 Å². The van der Waals surface area contributed by atoms with Crippen molar-refractivity contribution in [2.75, 3.05) is 21.3 Å². The van der Waals surface area contributed by atoms with E-state index < -0.39 is 11.6 Å². The number of aromatic nitrogens is 6. The van der Waals surface area contributed by atoms with Crippen LogP contribution in [0.25, 0.3) is 33.8 Å². The number of rotatable bonds is 16. The number of nitrogens with one attached hydrogen (secondary N) is 1. The molecule has 74 heavy (non-hydrogen) atoms. The molecule has 0 atom stereocenters. The summed E-state index contributed by atoms with van der Waals surface area (Å²) < 4.78 is 65.6. The van der Waals surface area contributed by atoms with Gasteiger partial charge in [-0.1, -0.05) is 36.4 Å². The van der Waals surface area contributed by atoms with Gasteiger partial charge in [-0.25, -0.2) is 8.78 Å². The van der Waals surface area contributed by atoms with Gasteiger partial charge in [0.15, 0.2) is 46.1 Å². The van der Waals surface area contributed by atoms with Crippen LogP contribution in [0.4, 0.5) is 8.78 Å². The maximum atomic E-state index is 13.9. The van der Waals surface area contributed by atoms with Gasteiger partial charge in [-0.05, 0) is 174 Å². The molecule has 386 valence electrons. The minimum Gasteiger partial charge on any atom is -0.493 e. The summed E-state index contributed by atoms with van der Waals surface area (Å²) in [5, 5.41) is 16.2. The largest absolute Gasteiger partial charge is 0.493 e. The van der Waals surface area contributed by atoms with Gasteiger partial charge >= 0.3 is 0 Å². The first-order valence-electron chi connectivity index (χ1n) is 25.8. The minimum absolute atomic E-state index is 0.158. The van der Waals surface area contributed by atoms with Crippen LogP contribution in [0.3, 0.4) is 0 Å². The Morgan fingerprint density at radius 1 is 0.500 bits per heavy atom. The molecule has 14 heteroatoms. The molecule has 0 radical (unpaired) electrons. The third-order valence-electron chi connectivity index (χ3n) is 13.9. The van der Waals surface area contributed by atoms with E-state index in [2.05, 4.69) is 58.6 Å². The number of ether oxygens (including phenoxy) is 6. The second kappa shape index (κ2) is 24.9. The second-order valence-corrected chi connectivity index (χ2v) is 19.1. The molecular weight excluding hydrogens is 939 g/mol. The third-order valence-corrected chi connectivity index (χ3v) is 13.9. The van der Waals surface area contributed by atoms with Gasteiger partial charge < -0.3 is 28.4 Å². The van der Waals surface area contributed by atoms with Crippen LogP contribution in [0.5, 0.6) is 34.5 Å². The first-order chi connectivity index (χ1) is 36.2. The highest BCUT2D eigenvalue weighted by atomic mass is 19.2. The first-order valence-corrected chi connectivity index (χ1v) is 25.8. The number of halogens is 2. The maximum absolute atomic E-state index is 13.9. The molecule has 0 amide bonds. The molecule has 3 aliphatic rings. The lowest BCUT2D eigenvalue weighted by atomic mass is 10.1. The number of aromatic amines is 1. The Morgan fingerprint density at radius 2 is 0.946 bits per heavy atom. The van der Waals surface area contributed by atoms with Gasteiger partial charge in [0.25, 0.3) is 0 Å². The van der Waals surface area contributed by atoms with Gasteiger partial charge in [-0.15, -0.1) is 0 Å². The van der Waals surface area contributed by atoms with Crippen LogP contribution in [-0.2, 0) is 13.1 Å². The topological polar surface area (TPSA) is 120 Å². The Kier molecular flexibility index (Phi) is 17.2. The maximum Gasteiger partial charge on any atom is 0.163 e. The normalized spacial score (nSPS) is 14.7. The molecule has 0 spiro atoms. The Hall–Kier alpha value is -7.61. The van der Waals surface area contributed by atoms with E-state index in [1.807, 2.05) is 71.5 Å². The molecule has 3 heterocycles. The van der Waals surface area contributed by atoms with E-state index in [-0.39, 0.29) is 18.2 Å². The average molecular weight is 1010 g/mol. The molecule has 0 aliphatic heterocycles. The molecule has 3 aliphatic carbocycles. The van der Waals surface area contributed by atoms with E-state index in [4.69, 9.17) is 33.5 Å². The summed E-state index contributed by atoms with van der Waals surface area (Å²) in [5.74, 6) is 2.91. The molecule has 11 rings (SSSR count). The lowest BCUT2D eigenvalue weighted by Gasteiger charge is -2.16. The fourth-order valence-corrected chi connectivity index (χ4v) is 9.78. The predicted molar refractivity (Wildman–Crippen MR) is 283 cm³/mol. The van der Waals surface area contributed by atoms with Crippen molar-refractivity contribution in [3.63, 3.8) is 0 Å². The Balaban J connectivity index is 0.000000139. The molecule has 8 aromatic rings. The van der Waals surface area contributed by atoms with Crippen LogP contribution in [-0.4, -0.2) is 69.4 Å². The van der Waals surface area contributed by atoms with Crippen LogP contribution in [0.1, 0.15) is 93.7 Å². The molecule has 3 fully saturated rings. The van der Waals surface area contributed by atoms with Crippen LogP contribution in [0.15, 0.2) is 134 Å². The number of H-pyrrole nitrogens is 1. The number of hydrogen-bond acceptors (Lipinski definition) is 9. The van der Waals surface area contributed by atoms with E-state index in [9.17, 15) is 8.78 Å². The number of benzene rings is 5. The van der Waals surface area contributed by atoms with E-state index >= 15 is 0 Å². The predicted octanol–water partition coefficient (Wildman–Crippen LogP) is 13.9. The van der Waals surface area contributed by atoms with Crippen molar-refractivity contribution in [1.29, 1.82) is 0 Å². The number of methoxy groups -OCH3 is 3. The molecule has 12 nitrogen and oxygen atoms in total. The SMILES string of the molecule is COc1ccc(-c2ccn(Cc3cccc(F)c3F)n2)cc1OC1CCCC1.COc1ccc(-c2ccn(Cc3ccccc3C)n2)cc1OC1CCCC1.COc1ccc(-c2ccn[nH]2)cc1OC1CCCC1. The second-order valence-electron chi connectivity index (χ2n) is 19.1. The monoisotopic (exact) mass is 1000 g/mol. The Labute approximate surface area is 432 Å². The summed E-state index contributed by atoms with van der Waals surface area (Å²) in [6.45, 7) is 3.06. The highest BCUT2D eigenvalue weighted by Crippen LogP contribution is 2.38. The Morgan fingerprint density at radius 3 is 1.41 bits per heavy atom. The molecule has 0 bridgehead atoms. The lowest BCUT2D eigenvalue weighted by Crippen LogP contribution is -2.11. The van der Waals surface area contributed by atoms with E-state index in [0.29, 0.717) is 23.7 Å². The molecule has 0 unspecified atom stereocenters. The summed E-state index contributed by atoms with van der Waals surface area (Å²) in [5.41, 5.74) is 8.48. The van der Waals surface area contributed by atoms with Crippen molar-refractivity contribution >= 4 is 0 Å². The average Bonchev–Trinajstić information content (AvgIpc) is 4.29. The van der Waals surface area contributed by atoms with Crippen molar-refractivity contribution < 1.29 is 37.2 Å². The van der Waals surface area contributed by atoms with Crippen LogP contribution >= 0.6 is 0 Å². The number of aryl methyl sites for hydroxylation is 1. The minimum atomic E-state index is -0.853. The van der Waals surface area contributed by atoms with Gasteiger partial charge in [0, 0.05) is 40.8 Å². The quantitative estimate of drug-likeness (QED) is 0.101. The zero-order valence-electron chi connectivity index (χ0n) is 42.8. The van der Waals surface area contributed by atoms with Crippen molar-refractivity contribution in [3.8, 4) is 68.3 Å². The summed E-state index contributed by atoms with van der Waals surface area (Å²) in [7, 11) is 4.99. The molecular formula is C60H66F2N6O6. The van der Waals surface area contributed by atoms with Crippen molar-refractivity contribution in [2.24, 2.45) is 0 Å². The molecule has 1 N–H and O–H groups in total. The van der Waals surface area contributed by atoms with Crippen LogP contribution in [0.2, 0.25) is 0 Å². The molecule has 3 aromatic heterocycles. The summed E-state index contributed by atoms with van der Waals surface area (Å²) in [4.78, 5) is 0. The molecule has 0 saturated heterocycles. The number of hydrogen-bond donors (Lipinski definition) is 1. The zero-order valence-corrected chi connectivity index (χ0v) is 42.8. The van der Waals surface area contributed by atoms with Gasteiger partial charge in [-0.2, -0.15) is 15.3 Å². The fourth-order valence-electron chi connectivity index (χ4n) is 9.78. The highest BCUT2D eigenvalue weighted by Gasteiger charge is 2.22. The first kappa shape index (κ1) is 51.3. The third kappa shape index (κ3) is 13.1. The summed E-state index contributed by atoms with van der Waals surface area (Å²) in [6, 6.07) is 36.2. The summed E-state index contributed by atoms with van der Waals surface area (Å²) >= 11 is 0. The standard InChI is InChI=1S/C23H26N2O2.C22H22F2N2O2.C15H18N2O2/c1-17-7-3-4-8-19(17)16-25-14-13-21(24-25)18-11-12-22(26-2)23(15-18)27-20-9-5-6-10-20;1-27-20-10-9-15(13-21(20)28-17-6-2-3-7-17)19-11-12-26(25-19)14-16-5-4-8-18(23)22(16)24;1-18-14-7-6-11(13-8-9-16-17-13)10-15(14)19-12-4-2-3-5-12/h3-4,7-8,11-15,20H,5-6,9-10,16H2,1-2H3;4-5,8-13,17H,2-3,6-7,14H2,1H3;6-10,12H,2-5H2,1H3,(H,16,17). The van der Waals surface area contributed by atoms with Crippen LogP contribution in [0, 0.1) is 18.6 Å². The van der Waals surface area contributed by atoms with E-state index in [1.165, 1.54) is 55.7 Å². The smallest absolute Gasteiger partial charge is 0.163 e. The van der Waals surface area contributed by atoms with Gasteiger partial charge in [0.05, 0.1) is 69.8 Å².